The van der Waals surface area contributed by atoms with Crippen molar-refractivity contribution in [2.75, 3.05) is 53.1 Å². The zero-order chi connectivity index (χ0) is 13.0. The monoisotopic (exact) mass is 256 g/mol. The molecule has 0 aromatic carbocycles. The first-order valence-electron chi connectivity index (χ1n) is 7.18. The molecule has 4 nitrogen and oxygen atoms in total. The predicted molar refractivity (Wildman–Crippen MR) is 72.8 cm³/mol. The predicted octanol–water partition coefficient (Wildman–Crippen LogP) is 0.969. The number of hydrogen-bond acceptors (Lipinski definition) is 4. The second-order valence-electron chi connectivity index (χ2n) is 6.08. The van der Waals surface area contributed by atoms with Crippen LogP contribution in [0.15, 0.2) is 0 Å². The highest BCUT2D eigenvalue weighted by molar-refractivity contribution is 5.04. The summed E-state index contributed by atoms with van der Waals surface area (Å²) in [6.45, 7) is 11.9. The summed E-state index contributed by atoms with van der Waals surface area (Å²) in [6.07, 6.45) is 1.13. The third kappa shape index (κ3) is 3.05. The summed E-state index contributed by atoms with van der Waals surface area (Å²) >= 11 is 0. The standard InChI is InChI=1S/C14H28N2O2/c1-14(2)13-10-15-9-12(13)11-16(14)5-4-6-18-8-7-17-3/h12-13,15H,4-11H2,1-3H3. The van der Waals surface area contributed by atoms with Crippen molar-refractivity contribution in [1.29, 1.82) is 0 Å². The van der Waals surface area contributed by atoms with Crippen LogP contribution in [0.3, 0.4) is 0 Å². The fourth-order valence-corrected chi connectivity index (χ4v) is 3.49. The number of likely N-dealkylation sites (tertiary alicyclic amines) is 1. The van der Waals surface area contributed by atoms with E-state index in [2.05, 4.69) is 24.1 Å². The Hall–Kier alpha value is -0.160. The van der Waals surface area contributed by atoms with Crippen LogP contribution in [0.5, 0.6) is 0 Å². The number of ether oxygens (including phenoxy) is 2. The third-order valence-corrected chi connectivity index (χ3v) is 4.67. The molecule has 0 radical (unpaired) electrons. The van der Waals surface area contributed by atoms with Crippen LogP contribution in [-0.4, -0.2) is 63.5 Å². The van der Waals surface area contributed by atoms with Crippen LogP contribution in [0, 0.1) is 11.8 Å². The fraction of sp³-hybridized carbons (Fsp3) is 1.00. The van der Waals surface area contributed by atoms with Gasteiger partial charge in [-0.3, -0.25) is 4.90 Å². The first-order chi connectivity index (χ1) is 8.66. The van der Waals surface area contributed by atoms with E-state index in [4.69, 9.17) is 9.47 Å². The van der Waals surface area contributed by atoms with Gasteiger partial charge in [0.1, 0.15) is 0 Å². The summed E-state index contributed by atoms with van der Waals surface area (Å²) in [6, 6.07) is 0. The summed E-state index contributed by atoms with van der Waals surface area (Å²) in [5.74, 6) is 1.68. The average molecular weight is 256 g/mol. The Morgan fingerprint density at radius 2 is 2.06 bits per heavy atom. The molecule has 2 saturated heterocycles. The molecule has 2 fully saturated rings. The maximum absolute atomic E-state index is 5.53. The van der Waals surface area contributed by atoms with Gasteiger partial charge in [0.15, 0.2) is 0 Å². The molecule has 0 amide bonds. The highest BCUT2D eigenvalue weighted by Gasteiger charge is 2.48. The zero-order valence-electron chi connectivity index (χ0n) is 12.1. The Labute approximate surface area is 111 Å². The van der Waals surface area contributed by atoms with Crippen molar-refractivity contribution < 1.29 is 9.47 Å². The number of fused-ring (bicyclic) bond motifs is 1. The molecule has 0 aliphatic carbocycles. The van der Waals surface area contributed by atoms with E-state index in [-0.39, 0.29) is 0 Å². The van der Waals surface area contributed by atoms with Gasteiger partial charge in [-0.05, 0) is 38.6 Å². The third-order valence-electron chi connectivity index (χ3n) is 4.67. The van der Waals surface area contributed by atoms with Crippen molar-refractivity contribution >= 4 is 0 Å². The van der Waals surface area contributed by atoms with Crippen LogP contribution in [0.2, 0.25) is 0 Å². The van der Waals surface area contributed by atoms with Crippen molar-refractivity contribution in [2.45, 2.75) is 25.8 Å². The van der Waals surface area contributed by atoms with Crippen molar-refractivity contribution in [1.82, 2.24) is 10.2 Å². The molecule has 2 rings (SSSR count). The van der Waals surface area contributed by atoms with Crippen LogP contribution in [0.4, 0.5) is 0 Å². The molecule has 2 unspecified atom stereocenters. The molecular formula is C14H28N2O2. The van der Waals surface area contributed by atoms with E-state index in [1.807, 2.05) is 0 Å². The minimum absolute atomic E-state index is 0.348. The lowest BCUT2D eigenvalue weighted by molar-refractivity contribution is 0.0588. The maximum atomic E-state index is 5.53. The number of nitrogens with zero attached hydrogens (tertiary/aromatic N) is 1. The molecule has 2 aliphatic rings. The number of hydrogen-bond donors (Lipinski definition) is 1. The van der Waals surface area contributed by atoms with Crippen LogP contribution in [-0.2, 0) is 9.47 Å². The summed E-state index contributed by atoms with van der Waals surface area (Å²) in [5, 5.41) is 3.53. The lowest BCUT2D eigenvalue weighted by Crippen LogP contribution is -2.45. The zero-order valence-corrected chi connectivity index (χ0v) is 12.1. The first-order valence-corrected chi connectivity index (χ1v) is 7.18. The van der Waals surface area contributed by atoms with Gasteiger partial charge in [0.25, 0.3) is 0 Å². The molecule has 106 valence electrons. The summed E-state index contributed by atoms with van der Waals surface area (Å²) in [4.78, 5) is 2.66. The Balaban J connectivity index is 1.67. The fourth-order valence-electron chi connectivity index (χ4n) is 3.49. The number of nitrogens with one attached hydrogen (secondary N) is 1. The molecule has 2 atom stereocenters. The Bertz CT molecular complexity index is 258. The van der Waals surface area contributed by atoms with E-state index in [1.165, 1.54) is 19.6 Å². The van der Waals surface area contributed by atoms with Crippen molar-refractivity contribution in [3.8, 4) is 0 Å². The van der Waals surface area contributed by atoms with Crippen molar-refractivity contribution in [3.05, 3.63) is 0 Å². The van der Waals surface area contributed by atoms with Crippen LogP contribution in [0.25, 0.3) is 0 Å². The van der Waals surface area contributed by atoms with E-state index >= 15 is 0 Å². The molecule has 2 aliphatic heterocycles. The minimum Gasteiger partial charge on any atom is -0.382 e. The molecule has 1 N–H and O–H groups in total. The topological polar surface area (TPSA) is 33.7 Å². The Morgan fingerprint density at radius 1 is 1.22 bits per heavy atom. The van der Waals surface area contributed by atoms with Crippen LogP contribution >= 0.6 is 0 Å². The molecule has 18 heavy (non-hydrogen) atoms. The lowest BCUT2D eigenvalue weighted by Gasteiger charge is -2.35. The molecule has 4 heteroatoms. The van der Waals surface area contributed by atoms with Gasteiger partial charge < -0.3 is 14.8 Å². The van der Waals surface area contributed by atoms with Gasteiger partial charge in [-0.25, -0.2) is 0 Å². The Morgan fingerprint density at radius 3 is 2.78 bits per heavy atom. The van der Waals surface area contributed by atoms with Gasteiger partial charge in [0.2, 0.25) is 0 Å². The quantitative estimate of drug-likeness (QED) is 0.688. The minimum atomic E-state index is 0.348. The maximum Gasteiger partial charge on any atom is 0.0700 e. The van der Waals surface area contributed by atoms with Gasteiger partial charge in [0, 0.05) is 38.9 Å². The second kappa shape index (κ2) is 6.33. The van der Waals surface area contributed by atoms with Crippen LogP contribution in [0.1, 0.15) is 20.3 Å². The molecule has 0 aromatic heterocycles. The molecule has 2 heterocycles. The molecular weight excluding hydrogens is 228 g/mol. The van der Waals surface area contributed by atoms with E-state index in [1.54, 1.807) is 7.11 Å². The largest absolute Gasteiger partial charge is 0.382 e. The summed E-state index contributed by atoms with van der Waals surface area (Å²) in [7, 11) is 1.71. The van der Waals surface area contributed by atoms with Crippen LogP contribution < -0.4 is 5.32 Å². The lowest BCUT2D eigenvalue weighted by atomic mass is 9.85. The van der Waals surface area contributed by atoms with Gasteiger partial charge in [-0.2, -0.15) is 0 Å². The smallest absolute Gasteiger partial charge is 0.0700 e. The van der Waals surface area contributed by atoms with E-state index < -0.39 is 0 Å². The second-order valence-corrected chi connectivity index (χ2v) is 6.08. The highest BCUT2D eigenvalue weighted by atomic mass is 16.5. The number of rotatable bonds is 7. The first kappa shape index (κ1) is 14.3. The summed E-state index contributed by atoms with van der Waals surface area (Å²) in [5.41, 5.74) is 0.348. The van der Waals surface area contributed by atoms with E-state index in [9.17, 15) is 0 Å². The van der Waals surface area contributed by atoms with Gasteiger partial charge in [-0.1, -0.05) is 0 Å². The average Bonchev–Trinajstić information content (AvgIpc) is 2.88. The van der Waals surface area contributed by atoms with Crippen molar-refractivity contribution in [2.24, 2.45) is 11.8 Å². The van der Waals surface area contributed by atoms with E-state index in [0.29, 0.717) is 12.1 Å². The molecule has 0 saturated carbocycles. The normalized spacial score (nSPS) is 30.8. The highest BCUT2D eigenvalue weighted by Crippen LogP contribution is 2.40. The SMILES string of the molecule is COCCOCCCN1CC2CNCC2C1(C)C. The van der Waals surface area contributed by atoms with Gasteiger partial charge in [0.05, 0.1) is 13.2 Å². The van der Waals surface area contributed by atoms with Gasteiger partial charge >= 0.3 is 0 Å². The molecule has 0 aromatic rings. The van der Waals surface area contributed by atoms with E-state index in [0.717, 1.165) is 38.0 Å². The number of methoxy groups -OCH3 is 1. The molecule has 0 spiro atoms. The summed E-state index contributed by atoms with van der Waals surface area (Å²) < 4.78 is 10.5. The van der Waals surface area contributed by atoms with Crippen molar-refractivity contribution in [3.63, 3.8) is 0 Å². The Kier molecular flexibility index (Phi) is 5.01. The van der Waals surface area contributed by atoms with Gasteiger partial charge in [-0.15, -0.1) is 0 Å². The molecule has 0 bridgehead atoms.